The predicted molar refractivity (Wildman–Crippen MR) is 80.0 cm³/mol. The molecule has 1 aliphatic heterocycles. The van der Waals surface area contributed by atoms with Gasteiger partial charge in [-0.3, -0.25) is 0 Å². The van der Waals surface area contributed by atoms with Gasteiger partial charge in [0.05, 0.1) is 19.8 Å². The van der Waals surface area contributed by atoms with E-state index in [4.69, 9.17) is 14.2 Å². The summed E-state index contributed by atoms with van der Waals surface area (Å²) >= 11 is 0. The van der Waals surface area contributed by atoms with Gasteiger partial charge in [0.25, 0.3) is 0 Å². The van der Waals surface area contributed by atoms with Gasteiger partial charge in [-0.05, 0) is 31.2 Å². The molecule has 2 rings (SSSR count). The molecular formula is C15H20N2O5. The number of amides is 2. The molecule has 0 saturated carbocycles. The highest BCUT2D eigenvalue weighted by Gasteiger charge is 2.16. The molecule has 0 bridgehead atoms. The lowest BCUT2D eigenvalue weighted by molar-refractivity contribution is -0.145. The lowest BCUT2D eigenvalue weighted by Crippen LogP contribution is -2.43. The second-order valence-electron chi connectivity index (χ2n) is 4.65. The van der Waals surface area contributed by atoms with E-state index in [1.54, 1.807) is 36.1 Å². The Hall–Kier alpha value is -2.28. The monoisotopic (exact) mass is 308 g/mol. The molecular weight excluding hydrogens is 288 g/mol. The first-order valence-corrected chi connectivity index (χ1v) is 7.21. The highest BCUT2D eigenvalue weighted by atomic mass is 16.6. The lowest BCUT2D eigenvalue weighted by atomic mass is 10.3. The van der Waals surface area contributed by atoms with Crippen molar-refractivity contribution in [2.24, 2.45) is 0 Å². The van der Waals surface area contributed by atoms with Crippen LogP contribution in [0.2, 0.25) is 0 Å². The molecule has 0 unspecified atom stereocenters. The Bertz CT molecular complexity index is 497. The average Bonchev–Trinajstić information content (AvgIpc) is 2.55. The van der Waals surface area contributed by atoms with E-state index in [-0.39, 0.29) is 12.6 Å². The third-order valence-corrected chi connectivity index (χ3v) is 3.07. The van der Waals surface area contributed by atoms with Crippen LogP contribution in [0.4, 0.5) is 10.5 Å². The first kappa shape index (κ1) is 16.1. The Balaban J connectivity index is 1.81. The third-order valence-electron chi connectivity index (χ3n) is 3.07. The Labute approximate surface area is 129 Å². The molecule has 0 aromatic heterocycles. The van der Waals surface area contributed by atoms with E-state index in [0.717, 1.165) is 0 Å². The SMILES string of the molecule is CCOC(=O)COc1ccc(NC(=O)N2CCOCC2)cc1. The van der Waals surface area contributed by atoms with E-state index in [9.17, 15) is 9.59 Å². The molecule has 7 heteroatoms. The van der Waals surface area contributed by atoms with Gasteiger partial charge in [-0.2, -0.15) is 0 Å². The lowest BCUT2D eigenvalue weighted by Gasteiger charge is -2.26. The number of nitrogens with zero attached hydrogens (tertiary/aromatic N) is 1. The molecule has 1 aromatic rings. The maximum absolute atomic E-state index is 12.0. The Morgan fingerprint density at radius 1 is 1.23 bits per heavy atom. The summed E-state index contributed by atoms with van der Waals surface area (Å²) in [6.45, 7) is 4.24. The number of esters is 1. The Morgan fingerprint density at radius 3 is 2.55 bits per heavy atom. The molecule has 1 aliphatic rings. The molecule has 1 aromatic carbocycles. The second kappa shape index (κ2) is 8.23. The normalized spacial score (nSPS) is 14.3. The molecule has 22 heavy (non-hydrogen) atoms. The maximum Gasteiger partial charge on any atom is 0.344 e. The number of benzene rings is 1. The minimum Gasteiger partial charge on any atom is -0.482 e. The molecule has 7 nitrogen and oxygen atoms in total. The van der Waals surface area contributed by atoms with E-state index in [0.29, 0.717) is 44.3 Å². The van der Waals surface area contributed by atoms with Crippen molar-refractivity contribution in [3.63, 3.8) is 0 Å². The average molecular weight is 308 g/mol. The van der Waals surface area contributed by atoms with Gasteiger partial charge in [0, 0.05) is 18.8 Å². The summed E-state index contributed by atoms with van der Waals surface area (Å²) in [6, 6.07) is 6.67. The second-order valence-corrected chi connectivity index (χ2v) is 4.65. The Kier molecular flexibility index (Phi) is 6.02. The summed E-state index contributed by atoms with van der Waals surface area (Å²) in [5.41, 5.74) is 0.667. The van der Waals surface area contributed by atoms with Crippen LogP contribution in [-0.2, 0) is 14.3 Å². The number of carbonyl (C=O) groups excluding carboxylic acids is 2. The molecule has 120 valence electrons. The molecule has 1 saturated heterocycles. The molecule has 2 amide bonds. The number of ether oxygens (including phenoxy) is 3. The summed E-state index contributed by atoms with van der Waals surface area (Å²) in [5, 5.41) is 2.81. The van der Waals surface area contributed by atoms with E-state index >= 15 is 0 Å². The van der Waals surface area contributed by atoms with Crippen LogP contribution in [0, 0.1) is 0 Å². The number of urea groups is 1. The van der Waals surface area contributed by atoms with Crippen molar-refractivity contribution < 1.29 is 23.8 Å². The zero-order valence-electron chi connectivity index (χ0n) is 12.5. The van der Waals surface area contributed by atoms with Gasteiger partial charge in [0.1, 0.15) is 5.75 Å². The summed E-state index contributed by atoms with van der Waals surface area (Å²) in [6.07, 6.45) is 0. The van der Waals surface area contributed by atoms with Crippen molar-refractivity contribution in [3.05, 3.63) is 24.3 Å². The third kappa shape index (κ3) is 4.92. The molecule has 0 atom stereocenters. The fourth-order valence-corrected chi connectivity index (χ4v) is 1.95. The number of carbonyl (C=O) groups is 2. The Morgan fingerprint density at radius 2 is 1.91 bits per heavy atom. The van der Waals surface area contributed by atoms with Gasteiger partial charge in [-0.15, -0.1) is 0 Å². The molecule has 0 radical (unpaired) electrons. The van der Waals surface area contributed by atoms with Crippen LogP contribution >= 0.6 is 0 Å². The standard InChI is InChI=1S/C15H20N2O5/c1-2-21-14(18)11-22-13-5-3-12(4-6-13)16-15(19)17-7-9-20-10-8-17/h3-6H,2,7-11H2,1H3,(H,16,19). The van der Waals surface area contributed by atoms with Crippen LogP contribution in [-0.4, -0.2) is 56.4 Å². The van der Waals surface area contributed by atoms with E-state index in [1.807, 2.05) is 0 Å². The van der Waals surface area contributed by atoms with Crippen molar-refractivity contribution in [1.29, 1.82) is 0 Å². The van der Waals surface area contributed by atoms with Crippen molar-refractivity contribution in [2.75, 3.05) is 44.8 Å². The van der Waals surface area contributed by atoms with Crippen molar-refractivity contribution >= 4 is 17.7 Å². The minimum absolute atomic E-state index is 0.132. The first-order valence-electron chi connectivity index (χ1n) is 7.21. The first-order chi connectivity index (χ1) is 10.7. The van der Waals surface area contributed by atoms with Crippen molar-refractivity contribution in [1.82, 2.24) is 4.90 Å². The van der Waals surface area contributed by atoms with Gasteiger partial charge in [0.2, 0.25) is 0 Å². The number of rotatable bonds is 5. The fourth-order valence-electron chi connectivity index (χ4n) is 1.95. The summed E-state index contributed by atoms with van der Waals surface area (Å²) in [4.78, 5) is 24.9. The van der Waals surface area contributed by atoms with Crippen molar-refractivity contribution in [2.45, 2.75) is 6.92 Å². The zero-order valence-corrected chi connectivity index (χ0v) is 12.5. The summed E-state index contributed by atoms with van der Waals surface area (Å²) in [5.74, 6) is 0.129. The van der Waals surface area contributed by atoms with Crippen LogP contribution in [0.1, 0.15) is 6.92 Å². The quantitative estimate of drug-likeness (QED) is 0.834. The molecule has 1 heterocycles. The van der Waals surface area contributed by atoms with Crippen molar-refractivity contribution in [3.8, 4) is 5.75 Å². The highest BCUT2D eigenvalue weighted by Crippen LogP contribution is 2.16. The van der Waals surface area contributed by atoms with Crippen LogP contribution in [0.15, 0.2) is 24.3 Å². The summed E-state index contributed by atoms with van der Waals surface area (Å²) < 4.78 is 15.3. The number of hydrogen-bond acceptors (Lipinski definition) is 5. The number of hydrogen-bond donors (Lipinski definition) is 1. The molecule has 0 spiro atoms. The van der Waals surface area contributed by atoms with Gasteiger partial charge in [0.15, 0.2) is 6.61 Å². The zero-order chi connectivity index (χ0) is 15.8. The molecule has 1 fully saturated rings. The van der Waals surface area contributed by atoms with Crippen LogP contribution in [0.3, 0.4) is 0 Å². The highest BCUT2D eigenvalue weighted by molar-refractivity contribution is 5.89. The largest absolute Gasteiger partial charge is 0.482 e. The summed E-state index contributed by atoms with van der Waals surface area (Å²) in [7, 11) is 0. The smallest absolute Gasteiger partial charge is 0.344 e. The van der Waals surface area contributed by atoms with Gasteiger partial charge < -0.3 is 24.4 Å². The number of morpholine rings is 1. The van der Waals surface area contributed by atoms with Gasteiger partial charge in [-0.1, -0.05) is 0 Å². The van der Waals surface area contributed by atoms with E-state index in [2.05, 4.69) is 5.32 Å². The van der Waals surface area contributed by atoms with Crippen LogP contribution in [0.5, 0.6) is 5.75 Å². The van der Waals surface area contributed by atoms with E-state index in [1.165, 1.54) is 0 Å². The van der Waals surface area contributed by atoms with E-state index < -0.39 is 5.97 Å². The fraction of sp³-hybridized carbons (Fsp3) is 0.467. The topological polar surface area (TPSA) is 77.1 Å². The van der Waals surface area contributed by atoms with Crippen LogP contribution < -0.4 is 10.1 Å². The maximum atomic E-state index is 12.0. The van der Waals surface area contributed by atoms with Gasteiger partial charge in [-0.25, -0.2) is 9.59 Å². The number of anilines is 1. The predicted octanol–water partition coefficient (Wildman–Crippen LogP) is 1.49. The van der Waals surface area contributed by atoms with Crippen LogP contribution in [0.25, 0.3) is 0 Å². The molecule has 1 N–H and O–H groups in total. The number of nitrogens with one attached hydrogen (secondary N) is 1. The molecule has 0 aliphatic carbocycles. The van der Waals surface area contributed by atoms with Gasteiger partial charge >= 0.3 is 12.0 Å². The minimum atomic E-state index is -0.410.